The molecule has 0 atom stereocenters. The lowest BCUT2D eigenvalue weighted by molar-refractivity contribution is 0.328. The molecule has 0 aliphatic heterocycles. The molecule has 0 radical (unpaired) electrons. The molecule has 0 saturated carbocycles. The Kier molecular flexibility index (Phi) is 4.97. The standard InChI is InChI=1S/C18H24N2O/c1-5-6-11-21-17-12-14(13-19-18(2,3)4)20-16-10-8-7-9-15(16)17/h5,7-10,12,19H,1,6,11,13H2,2-4H3. The molecule has 1 aromatic carbocycles. The summed E-state index contributed by atoms with van der Waals surface area (Å²) in [5.74, 6) is 0.896. The summed E-state index contributed by atoms with van der Waals surface area (Å²) < 4.78 is 5.89. The summed E-state index contributed by atoms with van der Waals surface area (Å²) in [6, 6.07) is 10.1. The van der Waals surface area contributed by atoms with E-state index in [1.807, 2.05) is 36.4 Å². The SMILES string of the molecule is C=CCCOc1cc(CNC(C)(C)C)nc2ccccc12. The molecular formula is C18H24N2O. The van der Waals surface area contributed by atoms with Crippen molar-refractivity contribution in [3.63, 3.8) is 0 Å². The van der Waals surface area contributed by atoms with Crippen LogP contribution in [-0.4, -0.2) is 17.1 Å². The van der Waals surface area contributed by atoms with Crippen molar-refractivity contribution in [1.82, 2.24) is 10.3 Å². The van der Waals surface area contributed by atoms with Crippen LogP contribution in [0, 0.1) is 0 Å². The summed E-state index contributed by atoms with van der Waals surface area (Å²) in [6.07, 6.45) is 2.71. The van der Waals surface area contributed by atoms with Gasteiger partial charge in [-0.2, -0.15) is 0 Å². The van der Waals surface area contributed by atoms with Crippen LogP contribution in [0.2, 0.25) is 0 Å². The normalized spacial score (nSPS) is 11.6. The molecule has 3 heteroatoms. The molecule has 0 aliphatic rings. The Balaban J connectivity index is 2.28. The molecule has 21 heavy (non-hydrogen) atoms. The Morgan fingerprint density at radius 3 is 2.76 bits per heavy atom. The van der Waals surface area contributed by atoms with Crippen molar-refractivity contribution < 1.29 is 4.74 Å². The second-order valence-corrected chi connectivity index (χ2v) is 6.16. The van der Waals surface area contributed by atoms with Crippen molar-refractivity contribution in [2.24, 2.45) is 0 Å². The molecule has 112 valence electrons. The summed E-state index contributed by atoms with van der Waals surface area (Å²) in [6.45, 7) is 11.5. The first-order valence-corrected chi connectivity index (χ1v) is 7.37. The lowest BCUT2D eigenvalue weighted by Gasteiger charge is -2.20. The van der Waals surface area contributed by atoms with E-state index in [9.17, 15) is 0 Å². The van der Waals surface area contributed by atoms with Crippen LogP contribution >= 0.6 is 0 Å². The van der Waals surface area contributed by atoms with Gasteiger partial charge in [-0.3, -0.25) is 4.98 Å². The summed E-state index contributed by atoms with van der Waals surface area (Å²) >= 11 is 0. The van der Waals surface area contributed by atoms with Crippen molar-refractivity contribution in [3.05, 3.63) is 48.7 Å². The molecular weight excluding hydrogens is 260 g/mol. The van der Waals surface area contributed by atoms with Gasteiger partial charge in [-0.1, -0.05) is 18.2 Å². The number of aromatic nitrogens is 1. The molecule has 2 rings (SSSR count). The van der Waals surface area contributed by atoms with Crippen LogP contribution in [0.5, 0.6) is 5.75 Å². The first-order chi connectivity index (χ1) is 9.99. The monoisotopic (exact) mass is 284 g/mol. The average molecular weight is 284 g/mol. The summed E-state index contributed by atoms with van der Waals surface area (Å²) in [7, 11) is 0. The summed E-state index contributed by atoms with van der Waals surface area (Å²) in [5, 5.41) is 4.52. The van der Waals surface area contributed by atoms with E-state index in [0.29, 0.717) is 6.61 Å². The third kappa shape index (κ3) is 4.57. The Labute approximate surface area is 127 Å². The van der Waals surface area contributed by atoms with Crippen LogP contribution in [-0.2, 0) is 6.54 Å². The topological polar surface area (TPSA) is 34.1 Å². The average Bonchev–Trinajstić information content (AvgIpc) is 2.44. The molecule has 0 aliphatic carbocycles. The fourth-order valence-electron chi connectivity index (χ4n) is 2.01. The molecule has 0 amide bonds. The molecule has 2 aromatic rings. The van der Waals surface area contributed by atoms with Gasteiger partial charge in [0, 0.05) is 23.5 Å². The van der Waals surface area contributed by atoms with Gasteiger partial charge in [0.1, 0.15) is 5.75 Å². The minimum Gasteiger partial charge on any atom is -0.492 e. The number of nitrogens with one attached hydrogen (secondary N) is 1. The van der Waals surface area contributed by atoms with Crippen LogP contribution in [0.3, 0.4) is 0 Å². The molecule has 0 saturated heterocycles. The van der Waals surface area contributed by atoms with E-state index in [2.05, 4.69) is 32.7 Å². The Bertz CT molecular complexity index is 614. The van der Waals surface area contributed by atoms with E-state index in [1.54, 1.807) is 0 Å². The minimum absolute atomic E-state index is 0.0667. The first kappa shape index (κ1) is 15.5. The predicted molar refractivity (Wildman–Crippen MR) is 88.6 cm³/mol. The minimum atomic E-state index is 0.0667. The second-order valence-electron chi connectivity index (χ2n) is 6.16. The van der Waals surface area contributed by atoms with Crippen molar-refractivity contribution in [2.45, 2.75) is 39.3 Å². The zero-order valence-electron chi connectivity index (χ0n) is 13.1. The quantitative estimate of drug-likeness (QED) is 0.641. The van der Waals surface area contributed by atoms with Crippen molar-refractivity contribution in [2.75, 3.05) is 6.61 Å². The number of rotatable bonds is 6. The van der Waals surface area contributed by atoms with Gasteiger partial charge in [0.05, 0.1) is 17.8 Å². The van der Waals surface area contributed by atoms with Gasteiger partial charge >= 0.3 is 0 Å². The third-order valence-corrected chi connectivity index (χ3v) is 3.11. The van der Waals surface area contributed by atoms with Gasteiger partial charge in [0.25, 0.3) is 0 Å². The number of nitrogens with zero attached hydrogens (tertiary/aromatic N) is 1. The van der Waals surface area contributed by atoms with Gasteiger partial charge in [0.2, 0.25) is 0 Å². The maximum absolute atomic E-state index is 5.89. The zero-order valence-corrected chi connectivity index (χ0v) is 13.1. The molecule has 0 spiro atoms. The Morgan fingerprint density at radius 2 is 2.05 bits per heavy atom. The van der Waals surface area contributed by atoms with Crippen molar-refractivity contribution >= 4 is 10.9 Å². The van der Waals surface area contributed by atoms with E-state index >= 15 is 0 Å². The number of ether oxygens (including phenoxy) is 1. The number of benzene rings is 1. The maximum atomic E-state index is 5.89. The fourth-order valence-corrected chi connectivity index (χ4v) is 2.01. The lowest BCUT2D eigenvalue weighted by Crippen LogP contribution is -2.35. The highest BCUT2D eigenvalue weighted by atomic mass is 16.5. The fraction of sp³-hybridized carbons (Fsp3) is 0.389. The molecule has 0 fully saturated rings. The number of hydrogen-bond donors (Lipinski definition) is 1. The lowest BCUT2D eigenvalue weighted by atomic mass is 10.1. The zero-order chi connectivity index (χ0) is 15.3. The molecule has 3 nitrogen and oxygen atoms in total. The smallest absolute Gasteiger partial charge is 0.130 e. The van der Waals surface area contributed by atoms with Crippen LogP contribution in [0.15, 0.2) is 43.0 Å². The number of pyridine rings is 1. The molecule has 1 N–H and O–H groups in total. The predicted octanol–water partition coefficient (Wildman–Crippen LogP) is 4.08. The number of hydrogen-bond acceptors (Lipinski definition) is 3. The van der Waals surface area contributed by atoms with Gasteiger partial charge in [0.15, 0.2) is 0 Å². The molecule has 0 bridgehead atoms. The highest BCUT2D eigenvalue weighted by Crippen LogP contribution is 2.25. The Hall–Kier alpha value is -1.87. The highest BCUT2D eigenvalue weighted by molar-refractivity contribution is 5.85. The van der Waals surface area contributed by atoms with E-state index in [0.717, 1.165) is 35.3 Å². The van der Waals surface area contributed by atoms with E-state index in [1.165, 1.54) is 0 Å². The first-order valence-electron chi connectivity index (χ1n) is 7.37. The maximum Gasteiger partial charge on any atom is 0.130 e. The van der Waals surface area contributed by atoms with Gasteiger partial charge in [-0.25, -0.2) is 0 Å². The van der Waals surface area contributed by atoms with E-state index in [4.69, 9.17) is 9.72 Å². The van der Waals surface area contributed by atoms with Crippen LogP contribution in [0.25, 0.3) is 10.9 Å². The summed E-state index contributed by atoms with van der Waals surface area (Å²) in [4.78, 5) is 4.70. The largest absolute Gasteiger partial charge is 0.492 e. The number of para-hydroxylation sites is 1. The molecule has 1 aromatic heterocycles. The molecule has 0 unspecified atom stereocenters. The van der Waals surface area contributed by atoms with Gasteiger partial charge in [-0.15, -0.1) is 6.58 Å². The van der Waals surface area contributed by atoms with Crippen LogP contribution in [0.1, 0.15) is 32.9 Å². The van der Waals surface area contributed by atoms with Crippen molar-refractivity contribution in [1.29, 1.82) is 0 Å². The van der Waals surface area contributed by atoms with Gasteiger partial charge in [-0.05, 0) is 39.3 Å². The number of fused-ring (bicyclic) bond motifs is 1. The second kappa shape index (κ2) is 6.72. The van der Waals surface area contributed by atoms with Crippen LogP contribution < -0.4 is 10.1 Å². The highest BCUT2D eigenvalue weighted by Gasteiger charge is 2.11. The van der Waals surface area contributed by atoms with Gasteiger partial charge < -0.3 is 10.1 Å². The Morgan fingerprint density at radius 1 is 1.29 bits per heavy atom. The van der Waals surface area contributed by atoms with E-state index in [-0.39, 0.29) is 5.54 Å². The van der Waals surface area contributed by atoms with Crippen molar-refractivity contribution in [3.8, 4) is 5.75 Å². The van der Waals surface area contributed by atoms with Crippen LogP contribution in [0.4, 0.5) is 0 Å². The third-order valence-electron chi connectivity index (χ3n) is 3.11. The molecule has 1 heterocycles. The summed E-state index contributed by atoms with van der Waals surface area (Å²) in [5.41, 5.74) is 2.04. The van der Waals surface area contributed by atoms with E-state index < -0.39 is 0 Å².